The van der Waals surface area contributed by atoms with Crippen molar-refractivity contribution in [3.8, 4) is 0 Å². The van der Waals surface area contributed by atoms with Crippen molar-refractivity contribution in [2.45, 2.75) is 44.6 Å². The molecule has 3 rings (SSSR count). The number of hydrogen-bond donors (Lipinski definition) is 1. The van der Waals surface area contributed by atoms with Crippen LogP contribution in [0.25, 0.3) is 0 Å². The van der Waals surface area contributed by atoms with Gasteiger partial charge >= 0.3 is 0 Å². The molecule has 20 heavy (non-hydrogen) atoms. The molecule has 2 aliphatic rings. The number of halogens is 2. The highest BCUT2D eigenvalue weighted by atomic mass is 35.5. The lowest BCUT2D eigenvalue weighted by Crippen LogP contribution is -2.31. The lowest BCUT2D eigenvalue weighted by Gasteiger charge is -2.26. The summed E-state index contributed by atoms with van der Waals surface area (Å²) in [6.07, 6.45) is 7.63. The molecule has 2 saturated carbocycles. The monoisotopic (exact) mass is 295 g/mol. The van der Waals surface area contributed by atoms with Crippen LogP contribution in [0.4, 0.5) is 4.39 Å². The zero-order valence-corrected chi connectivity index (χ0v) is 12.8. The molecule has 3 heteroatoms. The van der Waals surface area contributed by atoms with E-state index in [1.54, 1.807) is 6.07 Å². The average molecular weight is 296 g/mol. The highest BCUT2D eigenvalue weighted by Gasteiger charge is 2.39. The van der Waals surface area contributed by atoms with Crippen molar-refractivity contribution in [1.82, 2.24) is 5.32 Å². The third kappa shape index (κ3) is 3.01. The van der Waals surface area contributed by atoms with Crippen LogP contribution in [0.15, 0.2) is 18.2 Å². The first-order chi connectivity index (χ1) is 9.65. The largest absolute Gasteiger partial charge is 0.317 e. The van der Waals surface area contributed by atoms with Gasteiger partial charge in [-0.1, -0.05) is 24.1 Å². The number of hydrogen-bond acceptors (Lipinski definition) is 1. The molecule has 1 N–H and O–H groups in total. The van der Waals surface area contributed by atoms with E-state index >= 15 is 0 Å². The SMILES string of the molecule is CNC(Cc1ccc(Cl)cc1F)CC1CC2CCC1C2. The van der Waals surface area contributed by atoms with Crippen LogP contribution >= 0.6 is 11.6 Å². The third-order valence-electron chi connectivity index (χ3n) is 5.36. The van der Waals surface area contributed by atoms with Crippen LogP contribution in [0.5, 0.6) is 0 Å². The molecule has 2 aliphatic carbocycles. The van der Waals surface area contributed by atoms with Gasteiger partial charge in [0.05, 0.1) is 0 Å². The summed E-state index contributed by atoms with van der Waals surface area (Å²) in [5.41, 5.74) is 0.775. The van der Waals surface area contributed by atoms with Crippen molar-refractivity contribution >= 4 is 11.6 Å². The molecule has 2 fully saturated rings. The lowest BCUT2D eigenvalue weighted by atomic mass is 9.83. The van der Waals surface area contributed by atoms with Crippen LogP contribution in [0, 0.1) is 23.6 Å². The Kier molecular flexibility index (Phi) is 4.32. The van der Waals surface area contributed by atoms with E-state index in [9.17, 15) is 4.39 Å². The van der Waals surface area contributed by atoms with E-state index in [0.717, 1.165) is 29.7 Å². The topological polar surface area (TPSA) is 12.0 Å². The number of fused-ring (bicyclic) bond motifs is 2. The Hall–Kier alpha value is -0.600. The van der Waals surface area contributed by atoms with Crippen LogP contribution in [-0.2, 0) is 6.42 Å². The van der Waals surface area contributed by atoms with E-state index in [1.807, 2.05) is 13.1 Å². The van der Waals surface area contributed by atoms with Crippen molar-refractivity contribution in [2.24, 2.45) is 17.8 Å². The highest BCUT2D eigenvalue weighted by Crippen LogP contribution is 2.50. The number of rotatable bonds is 5. The van der Waals surface area contributed by atoms with Gasteiger partial charge in [-0.25, -0.2) is 4.39 Å². The molecule has 1 nitrogen and oxygen atoms in total. The van der Waals surface area contributed by atoms with Crippen LogP contribution in [-0.4, -0.2) is 13.1 Å². The fourth-order valence-electron chi connectivity index (χ4n) is 4.29. The fraction of sp³-hybridized carbons (Fsp3) is 0.647. The predicted molar refractivity (Wildman–Crippen MR) is 81.5 cm³/mol. The second kappa shape index (κ2) is 6.03. The van der Waals surface area contributed by atoms with Gasteiger partial charge in [0, 0.05) is 11.1 Å². The van der Waals surface area contributed by atoms with Crippen LogP contribution in [0.2, 0.25) is 5.02 Å². The van der Waals surface area contributed by atoms with Crippen molar-refractivity contribution in [2.75, 3.05) is 7.05 Å². The zero-order valence-electron chi connectivity index (χ0n) is 12.0. The zero-order chi connectivity index (χ0) is 14.1. The van der Waals surface area contributed by atoms with E-state index in [-0.39, 0.29) is 5.82 Å². The van der Waals surface area contributed by atoms with Gasteiger partial charge in [-0.2, -0.15) is 0 Å². The van der Waals surface area contributed by atoms with Gasteiger partial charge < -0.3 is 5.32 Å². The molecule has 110 valence electrons. The summed E-state index contributed by atoms with van der Waals surface area (Å²) >= 11 is 5.81. The first kappa shape index (κ1) is 14.3. The highest BCUT2D eigenvalue weighted by molar-refractivity contribution is 6.30. The minimum Gasteiger partial charge on any atom is -0.317 e. The van der Waals surface area contributed by atoms with Crippen LogP contribution in [0.3, 0.4) is 0 Å². The van der Waals surface area contributed by atoms with Crippen molar-refractivity contribution in [1.29, 1.82) is 0 Å². The number of nitrogens with one attached hydrogen (secondary N) is 1. The Morgan fingerprint density at radius 2 is 2.20 bits per heavy atom. The molecule has 0 spiro atoms. The van der Waals surface area contributed by atoms with Crippen LogP contribution < -0.4 is 5.32 Å². The molecule has 0 heterocycles. The molecule has 1 aromatic carbocycles. The van der Waals surface area contributed by atoms with Gasteiger partial charge in [0.25, 0.3) is 0 Å². The molecular formula is C17H23ClFN. The summed E-state index contributed by atoms with van der Waals surface area (Å²) in [5.74, 6) is 2.59. The van der Waals surface area contributed by atoms with Gasteiger partial charge in [0.1, 0.15) is 5.82 Å². The average Bonchev–Trinajstić information content (AvgIpc) is 3.03. The van der Waals surface area contributed by atoms with Gasteiger partial charge in [-0.15, -0.1) is 0 Å². The van der Waals surface area contributed by atoms with Crippen molar-refractivity contribution in [3.63, 3.8) is 0 Å². The van der Waals surface area contributed by atoms with E-state index in [1.165, 1.54) is 38.2 Å². The molecule has 0 aliphatic heterocycles. The summed E-state index contributed by atoms with van der Waals surface area (Å²) in [6, 6.07) is 5.39. The second-order valence-corrected chi connectivity index (χ2v) is 7.03. The minimum atomic E-state index is -0.175. The summed E-state index contributed by atoms with van der Waals surface area (Å²) in [7, 11) is 1.99. The minimum absolute atomic E-state index is 0.175. The molecule has 1 aromatic rings. The molecule has 0 radical (unpaired) electrons. The molecular weight excluding hydrogens is 273 g/mol. The predicted octanol–water partition coefficient (Wildman–Crippen LogP) is 4.44. The van der Waals surface area contributed by atoms with Crippen molar-refractivity contribution in [3.05, 3.63) is 34.6 Å². The van der Waals surface area contributed by atoms with Gasteiger partial charge in [0.2, 0.25) is 0 Å². The Balaban J connectivity index is 1.62. The maximum Gasteiger partial charge on any atom is 0.127 e. The van der Waals surface area contributed by atoms with E-state index in [2.05, 4.69) is 5.32 Å². The Morgan fingerprint density at radius 1 is 1.35 bits per heavy atom. The first-order valence-corrected chi connectivity index (χ1v) is 8.14. The third-order valence-corrected chi connectivity index (χ3v) is 5.60. The molecule has 2 bridgehead atoms. The molecule has 4 unspecified atom stereocenters. The molecule has 0 aromatic heterocycles. The van der Waals surface area contributed by atoms with Crippen LogP contribution in [0.1, 0.15) is 37.7 Å². The molecule has 0 saturated heterocycles. The molecule has 0 amide bonds. The smallest absolute Gasteiger partial charge is 0.127 e. The van der Waals surface area contributed by atoms with E-state index in [0.29, 0.717) is 11.1 Å². The summed E-state index contributed by atoms with van der Waals surface area (Å²) < 4.78 is 13.9. The Bertz CT molecular complexity index is 476. The molecule has 4 atom stereocenters. The fourth-order valence-corrected chi connectivity index (χ4v) is 4.45. The van der Waals surface area contributed by atoms with Gasteiger partial charge in [0.15, 0.2) is 0 Å². The Labute approximate surface area is 125 Å². The number of benzene rings is 1. The normalized spacial score (nSPS) is 29.9. The quantitative estimate of drug-likeness (QED) is 0.847. The second-order valence-electron chi connectivity index (χ2n) is 6.60. The maximum absolute atomic E-state index is 13.9. The van der Waals surface area contributed by atoms with E-state index < -0.39 is 0 Å². The first-order valence-electron chi connectivity index (χ1n) is 7.77. The lowest BCUT2D eigenvalue weighted by molar-refractivity contribution is 0.281. The summed E-state index contributed by atoms with van der Waals surface area (Å²) in [5, 5.41) is 3.85. The Morgan fingerprint density at radius 3 is 2.80 bits per heavy atom. The van der Waals surface area contributed by atoms with E-state index in [4.69, 9.17) is 11.6 Å². The van der Waals surface area contributed by atoms with Gasteiger partial charge in [-0.05, 0) is 74.6 Å². The summed E-state index contributed by atoms with van der Waals surface area (Å²) in [6.45, 7) is 0. The van der Waals surface area contributed by atoms with Crippen molar-refractivity contribution < 1.29 is 4.39 Å². The number of likely N-dealkylation sites (N-methyl/N-ethyl adjacent to an activating group) is 1. The maximum atomic E-state index is 13.9. The van der Waals surface area contributed by atoms with Gasteiger partial charge in [-0.3, -0.25) is 0 Å². The summed E-state index contributed by atoms with van der Waals surface area (Å²) in [4.78, 5) is 0. The standard InChI is InChI=1S/C17H23ClFN/c1-20-16(8-13-4-5-15(18)10-17(13)19)9-14-7-11-2-3-12(14)6-11/h4-5,10-12,14,16,20H,2-3,6-9H2,1H3.